The molecule has 3 atom stereocenters. The van der Waals surface area contributed by atoms with E-state index >= 15 is 0 Å². The smallest absolute Gasteiger partial charge is 0.309 e. The highest BCUT2D eigenvalue weighted by Gasteiger charge is 2.43. The number of nitrogens with zero attached hydrogens (tertiary/aromatic N) is 3. The number of aromatic nitrogens is 3. The zero-order chi connectivity index (χ0) is 24.3. The van der Waals surface area contributed by atoms with Crippen LogP contribution in [0.15, 0.2) is 36.7 Å². The molecule has 0 spiro atoms. The molecular weight excluding hydrogens is 448 g/mol. The minimum Gasteiger partial charge on any atom is -0.466 e. The molecule has 2 aromatic heterocycles. The van der Waals surface area contributed by atoms with Crippen molar-refractivity contribution in [3.05, 3.63) is 52.9 Å². The molecule has 2 heterocycles. The molecule has 2 N–H and O–H groups in total. The summed E-state index contributed by atoms with van der Waals surface area (Å²) >= 11 is 1.51. The van der Waals surface area contributed by atoms with Gasteiger partial charge in [0, 0.05) is 23.8 Å². The molecule has 0 radical (unpaired) electrons. The van der Waals surface area contributed by atoms with Gasteiger partial charge in [-0.05, 0) is 74.8 Å². The average molecular weight is 481 g/mol. The van der Waals surface area contributed by atoms with Crippen LogP contribution in [-0.2, 0) is 21.6 Å². The van der Waals surface area contributed by atoms with Gasteiger partial charge in [-0.15, -0.1) is 11.3 Å². The lowest BCUT2D eigenvalue weighted by molar-refractivity contribution is -0.154. The fraction of sp³-hybridized carbons (Fsp3) is 0.462. The van der Waals surface area contributed by atoms with Crippen LogP contribution in [0.25, 0.3) is 10.4 Å². The molecule has 4 rings (SSSR count). The number of carbonyl (C=O) groups is 1. The molecule has 0 aliphatic heterocycles. The highest BCUT2D eigenvalue weighted by Crippen LogP contribution is 2.45. The number of esters is 1. The van der Waals surface area contributed by atoms with E-state index < -0.39 is 5.60 Å². The van der Waals surface area contributed by atoms with Gasteiger partial charge in [-0.1, -0.05) is 19.9 Å². The highest BCUT2D eigenvalue weighted by molar-refractivity contribution is 7.15. The third-order valence-electron chi connectivity index (χ3n) is 6.40. The monoisotopic (exact) mass is 480 g/mol. The standard InChI is InChI=1S/C26H32N4O3S/c1-5-19-8-10-27-25(29-19)30-20-12-16(3)11-18(13-20)22-15-28-24(34-22)26(32)9-7-21(17(4)14-26)23(31)33-6-2/h8,10-13,15,17,21,32H,5-7,9,14H2,1-4H3,(H,27,29,30)/t17-,21+,26-/m0/s1. The van der Waals surface area contributed by atoms with Gasteiger partial charge < -0.3 is 15.2 Å². The Bertz CT molecular complexity index is 1160. The van der Waals surface area contributed by atoms with Crippen LogP contribution in [0.2, 0.25) is 0 Å². The van der Waals surface area contributed by atoms with E-state index in [0.717, 1.165) is 33.8 Å². The highest BCUT2D eigenvalue weighted by atomic mass is 32.1. The lowest BCUT2D eigenvalue weighted by atomic mass is 9.72. The molecule has 0 saturated heterocycles. The maximum atomic E-state index is 12.2. The number of hydrogen-bond acceptors (Lipinski definition) is 8. The van der Waals surface area contributed by atoms with Gasteiger partial charge in [-0.25, -0.2) is 15.0 Å². The molecule has 0 bridgehead atoms. The number of ether oxygens (including phenoxy) is 1. The van der Waals surface area contributed by atoms with Crippen molar-refractivity contribution >= 4 is 28.9 Å². The minimum absolute atomic E-state index is 0.0267. The summed E-state index contributed by atoms with van der Waals surface area (Å²) in [7, 11) is 0. The minimum atomic E-state index is -1.02. The Labute approximate surface area is 204 Å². The summed E-state index contributed by atoms with van der Waals surface area (Å²) in [5.74, 6) is 0.268. The van der Waals surface area contributed by atoms with Crippen LogP contribution < -0.4 is 5.32 Å². The normalized spacial score (nSPS) is 22.4. The lowest BCUT2D eigenvalue weighted by Gasteiger charge is -2.37. The molecular formula is C26H32N4O3S. The number of nitrogens with one attached hydrogen (secondary N) is 1. The molecule has 3 aromatic rings. The Hall–Kier alpha value is -2.84. The van der Waals surface area contributed by atoms with Gasteiger partial charge in [0.15, 0.2) is 0 Å². The maximum absolute atomic E-state index is 12.2. The summed E-state index contributed by atoms with van der Waals surface area (Å²) < 4.78 is 5.22. The Kier molecular flexibility index (Phi) is 7.28. The first kappa shape index (κ1) is 24.3. The first-order chi connectivity index (χ1) is 16.3. The maximum Gasteiger partial charge on any atom is 0.309 e. The first-order valence-corrected chi connectivity index (χ1v) is 12.7. The second-order valence-corrected chi connectivity index (χ2v) is 10.1. The molecule has 180 valence electrons. The molecule has 1 aliphatic rings. The van der Waals surface area contributed by atoms with Crippen LogP contribution in [0, 0.1) is 18.8 Å². The zero-order valence-corrected chi connectivity index (χ0v) is 21.0. The molecule has 34 heavy (non-hydrogen) atoms. The van der Waals surface area contributed by atoms with Gasteiger partial charge in [0.1, 0.15) is 10.6 Å². The number of anilines is 2. The molecule has 1 aromatic carbocycles. The van der Waals surface area contributed by atoms with Gasteiger partial charge in [0.2, 0.25) is 5.95 Å². The number of hydrogen-bond donors (Lipinski definition) is 2. The number of carbonyl (C=O) groups excluding carboxylic acids is 1. The summed E-state index contributed by atoms with van der Waals surface area (Å²) in [5.41, 5.74) is 2.99. The van der Waals surface area contributed by atoms with Gasteiger partial charge in [0.05, 0.1) is 17.4 Å². The quantitative estimate of drug-likeness (QED) is 0.437. The predicted octanol–water partition coefficient (Wildman–Crippen LogP) is 5.40. The van der Waals surface area contributed by atoms with Crippen LogP contribution in [0.4, 0.5) is 11.6 Å². The Morgan fingerprint density at radius 3 is 2.85 bits per heavy atom. The second-order valence-electron chi connectivity index (χ2n) is 9.08. The first-order valence-electron chi connectivity index (χ1n) is 11.9. The van der Waals surface area contributed by atoms with Crippen LogP contribution in [-0.4, -0.2) is 32.6 Å². The molecule has 0 unspecified atom stereocenters. The van der Waals surface area contributed by atoms with Crippen LogP contribution in [0.5, 0.6) is 0 Å². The van der Waals surface area contributed by atoms with Crippen molar-refractivity contribution in [2.75, 3.05) is 11.9 Å². The lowest BCUT2D eigenvalue weighted by Crippen LogP contribution is -2.39. The van der Waals surface area contributed by atoms with E-state index in [1.807, 2.05) is 33.0 Å². The second kappa shape index (κ2) is 10.2. The van der Waals surface area contributed by atoms with E-state index in [2.05, 4.69) is 45.4 Å². The number of benzene rings is 1. The van der Waals surface area contributed by atoms with Crippen LogP contribution >= 0.6 is 11.3 Å². The summed E-state index contributed by atoms with van der Waals surface area (Å²) in [6.45, 7) is 8.32. The topological polar surface area (TPSA) is 97.2 Å². The predicted molar refractivity (Wildman–Crippen MR) is 134 cm³/mol. The van der Waals surface area contributed by atoms with Crippen molar-refractivity contribution in [1.82, 2.24) is 15.0 Å². The van der Waals surface area contributed by atoms with Gasteiger partial charge in [-0.2, -0.15) is 0 Å². The number of rotatable bonds is 7. The van der Waals surface area contributed by atoms with Crippen molar-refractivity contribution in [3.63, 3.8) is 0 Å². The van der Waals surface area contributed by atoms with E-state index in [1.165, 1.54) is 11.3 Å². The van der Waals surface area contributed by atoms with Gasteiger partial charge >= 0.3 is 5.97 Å². The van der Waals surface area contributed by atoms with Crippen molar-refractivity contribution in [3.8, 4) is 10.4 Å². The Morgan fingerprint density at radius 2 is 2.12 bits per heavy atom. The molecule has 1 aliphatic carbocycles. The van der Waals surface area contributed by atoms with Gasteiger partial charge in [0.25, 0.3) is 0 Å². The summed E-state index contributed by atoms with van der Waals surface area (Å²) in [6.07, 6.45) is 6.03. The number of aliphatic hydroxyl groups is 1. The van der Waals surface area contributed by atoms with Gasteiger partial charge in [-0.3, -0.25) is 4.79 Å². The Morgan fingerprint density at radius 1 is 1.29 bits per heavy atom. The molecule has 8 heteroatoms. The average Bonchev–Trinajstić information content (AvgIpc) is 3.30. The third kappa shape index (κ3) is 5.28. The van der Waals surface area contributed by atoms with Crippen LogP contribution in [0.3, 0.4) is 0 Å². The molecule has 1 fully saturated rings. The van der Waals surface area contributed by atoms with Crippen LogP contribution in [0.1, 0.15) is 56.3 Å². The van der Waals surface area contributed by atoms with E-state index in [9.17, 15) is 9.90 Å². The molecule has 1 saturated carbocycles. The van der Waals surface area contributed by atoms with Crippen molar-refractivity contribution in [2.24, 2.45) is 11.8 Å². The van der Waals surface area contributed by atoms with Crippen molar-refractivity contribution < 1.29 is 14.6 Å². The number of thiazole rings is 1. The Balaban J connectivity index is 1.53. The zero-order valence-electron chi connectivity index (χ0n) is 20.2. The fourth-order valence-corrected chi connectivity index (χ4v) is 5.68. The summed E-state index contributed by atoms with van der Waals surface area (Å²) in [4.78, 5) is 26.7. The largest absolute Gasteiger partial charge is 0.466 e. The van der Waals surface area contributed by atoms with Crippen molar-refractivity contribution in [2.45, 2.75) is 59.0 Å². The third-order valence-corrected chi connectivity index (χ3v) is 7.64. The molecule has 0 amide bonds. The van der Waals surface area contributed by atoms with E-state index in [4.69, 9.17) is 4.74 Å². The van der Waals surface area contributed by atoms with E-state index in [-0.39, 0.29) is 17.8 Å². The summed E-state index contributed by atoms with van der Waals surface area (Å²) in [6, 6.07) is 8.13. The van der Waals surface area contributed by atoms with Crippen molar-refractivity contribution in [1.29, 1.82) is 0 Å². The van der Waals surface area contributed by atoms with E-state index in [0.29, 0.717) is 36.8 Å². The van der Waals surface area contributed by atoms with E-state index in [1.54, 1.807) is 6.20 Å². The fourth-order valence-electron chi connectivity index (χ4n) is 4.65. The molecule has 7 nitrogen and oxygen atoms in total. The SMILES string of the molecule is CCOC(=O)[C@@H]1CC[C@@](O)(c2ncc(-c3cc(C)cc(Nc4nccc(CC)n4)c3)s2)C[C@@H]1C. The number of aryl methyl sites for hydroxylation is 2. The summed E-state index contributed by atoms with van der Waals surface area (Å²) in [5, 5.41) is 15.4.